The Morgan fingerprint density at radius 1 is 0.640 bits per heavy atom. The van der Waals surface area contributed by atoms with E-state index < -0.39 is 0 Å². The summed E-state index contributed by atoms with van der Waals surface area (Å²) in [6, 6.07) is 28.2. The molecule has 0 aliphatic rings. The number of phenols is 1. The monoisotopic (exact) mass is 328 g/mol. The third-order valence-electron chi connectivity index (χ3n) is 5.27. The predicted molar refractivity (Wildman–Crippen MR) is 103 cm³/mol. The van der Waals surface area contributed by atoms with Gasteiger partial charge in [-0.2, -0.15) is 0 Å². The number of rotatable bonds is 4. The highest BCUT2D eigenvalue weighted by atomic mass is 16.3. The maximum Gasteiger partial charge on any atom is 0.119 e. The van der Waals surface area contributed by atoms with Crippen molar-refractivity contribution in [2.75, 3.05) is 0 Å². The molecule has 0 saturated carbocycles. The highest BCUT2D eigenvalue weighted by Crippen LogP contribution is 2.40. The van der Waals surface area contributed by atoms with Crippen LogP contribution in [0.5, 0.6) is 5.75 Å². The van der Waals surface area contributed by atoms with Gasteiger partial charge in [-0.1, -0.05) is 88.4 Å². The molecule has 0 atom stereocenters. The molecular formula is C24H24O. The molecule has 0 fully saturated rings. The van der Waals surface area contributed by atoms with Crippen LogP contribution >= 0.6 is 0 Å². The first-order valence-electron chi connectivity index (χ1n) is 8.60. The van der Waals surface area contributed by atoms with Crippen LogP contribution in [0.15, 0.2) is 66.7 Å². The van der Waals surface area contributed by atoms with Gasteiger partial charge < -0.3 is 5.11 Å². The van der Waals surface area contributed by atoms with E-state index in [0.29, 0.717) is 5.75 Å². The van der Waals surface area contributed by atoms with E-state index in [1.807, 2.05) is 36.4 Å². The molecule has 0 bridgehead atoms. The van der Waals surface area contributed by atoms with Gasteiger partial charge in [-0.25, -0.2) is 0 Å². The molecule has 0 amide bonds. The summed E-state index contributed by atoms with van der Waals surface area (Å²) in [6.07, 6.45) is 0. The summed E-state index contributed by atoms with van der Waals surface area (Å²) >= 11 is 0. The lowest BCUT2D eigenvalue weighted by Gasteiger charge is -2.31. The zero-order chi connectivity index (χ0) is 18.1. The second-order valence-corrected chi connectivity index (χ2v) is 7.56. The molecule has 126 valence electrons. The molecule has 0 aliphatic carbocycles. The summed E-state index contributed by atoms with van der Waals surface area (Å²) in [7, 11) is 0. The fourth-order valence-corrected chi connectivity index (χ4v) is 3.35. The van der Waals surface area contributed by atoms with Gasteiger partial charge in [0.15, 0.2) is 0 Å². The summed E-state index contributed by atoms with van der Waals surface area (Å²) in [4.78, 5) is 0. The van der Waals surface area contributed by atoms with Crippen LogP contribution in [0.3, 0.4) is 0 Å². The molecular weight excluding hydrogens is 304 g/mol. The quantitative estimate of drug-likeness (QED) is 0.656. The average molecular weight is 328 g/mol. The average Bonchev–Trinajstić information content (AvgIpc) is 2.63. The normalized spacial score (nSPS) is 12.2. The molecule has 2 radical (unpaired) electrons. The highest BCUT2D eigenvalue weighted by molar-refractivity contribution is 5.50. The van der Waals surface area contributed by atoms with Crippen molar-refractivity contribution >= 4 is 0 Å². The van der Waals surface area contributed by atoms with Crippen LogP contribution in [-0.4, -0.2) is 5.11 Å². The fourth-order valence-electron chi connectivity index (χ4n) is 3.35. The molecule has 0 aliphatic heterocycles. The van der Waals surface area contributed by atoms with Gasteiger partial charge in [-0.15, -0.1) is 0 Å². The second-order valence-electron chi connectivity index (χ2n) is 7.56. The molecule has 0 heterocycles. The van der Waals surface area contributed by atoms with E-state index in [2.05, 4.69) is 70.2 Å². The molecule has 0 spiro atoms. The lowest BCUT2D eigenvalue weighted by molar-refractivity contribution is 0.451. The number of benzene rings is 3. The third-order valence-corrected chi connectivity index (χ3v) is 5.27. The van der Waals surface area contributed by atoms with Crippen LogP contribution in [0.4, 0.5) is 0 Å². The fraction of sp³-hybridized carbons (Fsp3) is 0.250. The molecule has 3 rings (SSSR count). The van der Waals surface area contributed by atoms with Crippen LogP contribution < -0.4 is 0 Å². The van der Waals surface area contributed by atoms with Crippen molar-refractivity contribution in [2.45, 2.75) is 38.5 Å². The van der Waals surface area contributed by atoms with E-state index in [0.717, 1.165) is 11.1 Å². The summed E-state index contributed by atoms with van der Waals surface area (Å²) in [5.74, 6) is 0.332. The van der Waals surface area contributed by atoms with Crippen molar-refractivity contribution in [1.82, 2.24) is 0 Å². The van der Waals surface area contributed by atoms with Crippen LogP contribution in [0.2, 0.25) is 0 Å². The predicted octanol–water partition coefficient (Wildman–Crippen LogP) is 5.64. The summed E-state index contributed by atoms with van der Waals surface area (Å²) in [5.41, 5.74) is 4.06. The first-order valence-corrected chi connectivity index (χ1v) is 8.60. The first kappa shape index (κ1) is 17.3. The maximum atomic E-state index is 10.6. The Morgan fingerprint density at radius 2 is 1.12 bits per heavy atom. The first-order chi connectivity index (χ1) is 11.8. The molecule has 3 aromatic rings. The lowest BCUT2D eigenvalue weighted by Crippen LogP contribution is -2.23. The number of phenolic OH excluding ortho intramolecular Hbond substituents is 1. The topological polar surface area (TPSA) is 20.2 Å². The number of hydrogen-bond donors (Lipinski definition) is 1. The summed E-state index contributed by atoms with van der Waals surface area (Å²) in [5, 5.41) is 10.6. The smallest absolute Gasteiger partial charge is 0.119 e. The number of aromatic hydroxyl groups is 1. The zero-order valence-electron chi connectivity index (χ0n) is 15.3. The Bertz CT molecular complexity index is 846. The molecule has 1 heteroatoms. The molecule has 25 heavy (non-hydrogen) atoms. The van der Waals surface area contributed by atoms with E-state index in [-0.39, 0.29) is 10.8 Å². The minimum atomic E-state index is -0.296. The standard InChI is InChI=1S/C24H24O/c1-23(2,18-11-7-5-8-12-18)20-15-16-22(25)21(17-20)24(3,4)19-13-9-6-10-14-19/h7-17,25H,1-4H3. The van der Waals surface area contributed by atoms with Gasteiger partial charge in [0, 0.05) is 16.4 Å². The molecule has 0 saturated heterocycles. The molecule has 0 aromatic heterocycles. The number of hydrogen-bond acceptors (Lipinski definition) is 1. The van der Waals surface area contributed by atoms with E-state index in [1.54, 1.807) is 0 Å². The van der Waals surface area contributed by atoms with Crippen LogP contribution in [0.25, 0.3) is 0 Å². The van der Waals surface area contributed by atoms with E-state index in [1.165, 1.54) is 11.1 Å². The highest BCUT2D eigenvalue weighted by Gasteiger charge is 2.29. The molecule has 3 aromatic carbocycles. The van der Waals surface area contributed by atoms with Crippen molar-refractivity contribution in [2.24, 2.45) is 0 Å². The van der Waals surface area contributed by atoms with E-state index in [4.69, 9.17) is 0 Å². The maximum absolute atomic E-state index is 10.6. The molecule has 0 unspecified atom stereocenters. The van der Waals surface area contributed by atoms with Crippen molar-refractivity contribution in [3.05, 3.63) is 101 Å². The van der Waals surface area contributed by atoms with Crippen molar-refractivity contribution < 1.29 is 5.11 Å². The third kappa shape index (κ3) is 3.19. The second kappa shape index (κ2) is 6.40. The van der Waals surface area contributed by atoms with Crippen molar-refractivity contribution in [3.63, 3.8) is 0 Å². The Balaban J connectivity index is 2.10. The zero-order valence-corrected chi connectivity index (χ0v) is 15.3. The van der Waals surface area contributed by atoms with E-state index >= 15 is 0 Å². The Kier molecular flexibility index (Phi) is 4.43. The van der Waals surface area contributed by atoms with Gasteiger partial charge in [-0.05, 0) is 34.9 Å². The SMILES string of the molecule is CC(C)(c1cc[c]cc1)c1ccc(O)c(C(C)(C)c2cc[c]cc2)c1. The molecule has 1 N–H and O–H groups in total. The molecule has 1 nitrogen and oxygen atoms in total. The van der Waals surface area contributed by atoms with Crippen molar-refractivity contribution in [1.29, 1.82) is 0 Å². The van der Waals surface area contributed by atoms with Gasteiger partial charge in [0.25, 0.3) is 0 Å². The lowest BCUT2D eigenvalue weighted by atomic mass is 9.73. The summed E-state index contributed by atoms with van der Waals surface area (Å²) in [6.45, 7) is 8.71. The van der Waals surface area contributed by atoms with Gasteiger partial charge in [-0.3, -0.25) is 0 Å². The van der Waals surface area contributed by atoms with Crippen LogP contribution in [0, 0.1) is 12.1 Å². The van der Waals surface area contributed by atoms with E-state index in [9.17, 15) is 5.11 Å². The Morgan fingerprint density at radius 3 is 1.64 bits per heavy atom. The minimum absolute atomic E-state index is 0.155. The largest absolute Gasteiger partial charge is 0.508 e. The van der Waals surface area contributed by atoms with Gasteiger partial charge in [0.1, 0.15) is 5.75 Å². The Hall–Kier alpha value is -2.54. The van der Waals surface area contributed by atoms with Crippen LogP contribution in [0.1, 0.15) is 49.9 Å². The van der Waals surface area contributed by atoms with Crippen molar-refractivity contribution in [3.8, 4) is 5.75 Å². The van der Waals surface area contributed by atoms with Gasteiger partial charge in [0.2, 0.25) is 0 Å². The van der Waals surface area contributed by atoms with Gasteiger partial charge >= 0.3 is 0 Å². The van der Waals surface area contributed by atoms with Crippen LogP contribution in [-0.2, 0) is 10.8 Å². The minimum Gasteiger partial charge on any atom is -0.508 e. The Labute approximate surface area is 151 Å². The summed E-state index contributed by atoms with van der Waals surface area (Å²) < 4.78 is 0. The van der Waals surface area contributed by atoms with Gasteiger partial charge in [0.05, 0.1) is 0 Å².